The molecule has 1 atom stereocenters. The molecule has 3 aromatic rings. The van der Waals surface area contributed by atoms with E-state index < -0.39 is 29.3 Å². The van der Waals surface area contributed by atoms with Crippen LogP contribution in [-0.2, 0) is 9.59 Å². The number of hydrogen-bond acceptors (Lipinski definition) is 4. The van der Waals surface area contributed by atoms with Crippen LogP contribution in [0.25, 0.3) is 5.76 Å². The number of rotatable bonds is 4. The molecule has 10 heteroatoms. The Hall–Kier alpha value is -2.77. The van der Waals surface area contributed by atoms with Gasteiger partial charge in [0, 0.05) is 16.3 Å². The highest BCUT2D eigenvalue weighted by Gasteiger charge is 2.47. The number of nitrogens with zero attached hydrogens (tertiary/aromatic N) is 1. The number of carbonyl (C=O) groups excluding carboxylic acids is 2. The number of Topliss-reactive ketones (excluding diaryl/α,β-unsaturated/α-hetero) is 1. The third-order valence-corrected chi connectivity index (χ3v) is 6.39. The molecule has 1 aliphatic rings. The second-order valence-corrected chi connectivity index (χ2v) is 8.95. The summed E-state index contributed by atoms with van der Waals surface area (Å²) in [5.74, 6) is -2.89. The molecule has 1 unspecified atom stereocenters. The van der Waals surface area contributed by atoms with Gasteiger partial charge in [0.25, 0.3) is 11.7 Å². The molecule has 0 spiro atoms. The summed E-state index contributed by atoms with van der Waals surface area (Å²) in [4.78, 5) is 27.4. The quantitative estimate of drug-likeness (QED) is 0.218. The van der Waals surface area contributed by atoms with E-state index in [1.54, 1.807) is 24.3 Å². The van der Waals surface area contributed by atoms with E-state index in [2.05, 4.69) is 0 Å². The Labute approximate surface area is 213 Å². The second-order valence-electron chi connectivity index (χ2n) is 7.29. The third kappa shape index (κ3) is 4.23. The zero-order chi connectivity index (χ0) is 24.7. The van der Waals surface area contributed by atoms with E-state index in [4.69, 9.17) is 51.1 Å². The monoisotopic (exact) mass is 539 g/mol. The second kappa shape index (κ2) is 9.47. The lowest BCUT2D eigenvalue weighted by atomic mass is 9.95. The molecule has 5 nitrogen and oxygen atoms in total. The van der Waals surface area contributed by atoms with Gasteiger partial charge < -0.3 is 9.84 Å². The summed E-state index contributed by atoms with van der Waals surface area (Å²) in [6, 6.07) is 11.7. The number of benzene rings is 3. The summed E-state index contributed by atoms with van der Waals surface area (Å²) in [6.07, 6.45) is 0. The van der Waals surface area contributed by atoms with Crippen LogP contribution in [0.15, 0.2) is 60.2 Å². The van der Waals surface area contributed by atoms with Crippen LogP contribution >= 0.6 is 46.4 Å². The number of anilines is 1. The van der Waals surface area contributed by atoms with Crippen LogP contribution in [0.5, 0.6) is 5.75 Å². The van der Waals surface area contributed by atoms with E-state index >= 15 is 0 Å². The van der Waals surface area contributed by atoms with Gasteiger partial charge in [-0.2, -0.15) is 0 Å². The molecule has 0 radical (unpaired) electrons. The first-order valence-corrected chi connectivity index (χ1v) is 11.2. The molecule has 3 aromatic carbocycles. The first kappa shape index (κ1) is 24.4. The Bertz CT molecular complexity index is 1330. The maximum absolute atomic E-state index is 13.8. The fourth-order valence-corrected chi connectivity index (χ4v) is 4.68. The van der Waals surface area contributed by atoms with E-state index in [1.165, 1.54) is 31.4 Å². The van der Waals surface area contributed by atoms with Crippen molar-refractivity contribution in [2.45, 2.75) is 6.04 Å². The zero-order valence-electron chi connectivity index (χ0n) is 17.3. The van der Waals surface area contributed by atoms with E-state index in [0.29, 0.717) is 10.6 Å². The molecular formula is C24H14Cl4FNO4. The fourth-order valence-electron chi connectivity index (χ4n) is 3.74. The normalized spacial score (nSPS) is 17.4. The topological polar surface area (TPSA) is 66.8 Å². The Morgan fingerprint density at radius 2 is 1.56 bits per heavy atom. The number of amides is 1. The number of methoxy groups -OCH3 is 1. The smallest absolute Gasteiger partial charge is 0.300 e. The molecule has 1 heterocycles. The fraction of sp³-hybridized carbons (Fsp3) is 0.0833. The predicted octanol–water partition coefficient (Wildman–Crippen LogP) is 7.07. The Morgan fingerprint density at radius 3 is 2.12 bits per heavy atom. The molecule has 1 N–H and O–H groups in total. The summed E-state index contributed by atoms with van der Waals surface area (Å²) in [7, 11) is 1.38. The van der Waals surface area contributed by atoms with Gasteiger partial charge in [0.05, 0.1) is 33.8 Å². The number of aliphatic hydroxyl groups is 1. The molecule has 0 bridgehead atoms. The SMILES string of the molecule is COc1c(Cl)cc(/C(O)=C2\C(=O)C(=O)N(c3ccc(F)c(Cl)c3)C2c2ccc(Cl)cc2)cc1Cl. The highest BCUT2D eigenvalue weighted by molar-refractivity contribution is 6.52. The number of ketones is 1. The highest BCUT2D eigenvalue weighted by Crippen LogP contribution is 2.44. The number of halogens is 5. The minimum atomic E-state index is -1.07. The van der Waals surface area contributed by atoms with Crippen LogP contribution in [0.4, 0.5) is 10.1 Å². The van der Waals surface area contributed by atoms with Crippen molar-refractivity contribution in [2.24, 2.45) is 0 Å². The van der Waals surface area contributed by atoms with Gasteiger partial charge in [0.2, 0.25) is 0 Å². The molecule has 34 heavy (non-hydrogen) atoms. The number of ether oxygens (including phenoxy) is 1. The van der Waals surface area contributed by atoms with Crippen LogP contribution in [-0.4, -0.2) is 23.9 Å². The summed E-state index contributed by atoms with van der Waals surface area (Å²) in [6.45, 7) is 0. The van der Waals surface area contributed by atoms with Crippen LogP contribution < -0.4 is 9.64 Å². The summed E-state index contributed by atoms with van der Waals surface area (Å²) in [5, 5.41) is 11.6. The van der Waals surface area contributed by atoms with Gasteiger partial charge in [-0.05, 0) is 48.0 Å². The lowest BCUT2D eigenvalue weighted by molar-refractivity contribution is -0.132. The van der Waals surface area contributed by atoms with Crippen LogP contribution in [0.3, 0.4) is 0 Å². The van der Waals surface area contributed by atoms with E-state index in [1.807, 2.05) is 0 Å². The molecule has 4 rings (SSSR count). The van der Waals surface area contributed by atoms with Crippen molar-refractivity contribution in [3.05, 3.63) is 97.2 Å². The summed E-state index contributed by atoms with van der Waals surface area (Å²) < 4.78 is 18.9. The molecule has 1 fully saturated rings. The van der Waals surface area contributed by atoms with Crippen LogP contribution in [0, 0.1) is 5.82 Å². The molecule has 1 amide bonds. The van der Waals surface area contributed by atoms with E-state index in [9.17, 15) is 19.1 Å². The molecule has 0 aromatic heterocycles. The molecule has 1 saturated heterocycles. The standard InChI is InChI=1S/C24H14Cl4FNO4/c1-34-23-16(27)8-12(9-17(23)28)21(31)19-20(11-2-4-13(25)5-3-11)30(24(33)22(19)32)14-6-7-18(29)15(26)10-14/h2-10,20,31H,1H3/b21-19+. The molecular weight excluding hydrogens is 527 g/mol. The van der Waals surface area contributed by atoms with Gasteiger partial charge in [-0.3, -0.25) is 14.5 Å². The number of aliphatic hydroxyl groups excluding tert-OH is 1. The van der Waals surface area contributed by atoms with Gasteiger partial charge in [-0.1, -0.05) is 58.5 Å². The van der Waals surface area contributed by atoms with E-state index in [-0.39, 0.29) is 37.6 Å². The number of carbonyl (C=O) groups is 2. The molecule has 0 saturated carbocycles. The van der Waals surface area contributed by atoms with Crippen molar-refractivity contribution >= 4 is 69.5 Å². The third-order valence-electron chi connectivity index (χ3n) is 5.29. The molecule has 0 aliphatic carbocycles. The highest BCUT2D eigenvalue weighted by atomic mass is 35.5. The lowest BCUT2D eigenvalue weighted by Crippen LogP contribution is -2.29. The average Bonchev–Trinajstić information content (AvgIpc) is 3.06. The van der Waals surface area contributed by atoms with Gasteiger partial charge in [-0.15, -0.1) is 0 Å². The van der Waals surface area contributed by atoms with Gasteiger partial charge in [0.15, 0.2) is 5.75 Å². The van der Waals surface area contributed by atoms with Crippen molar-refractivity contribution in [1.29, 1.82) is 0 Å². The van der Waals surface area contributed by atoms with Crippen LogP contribution in [0.2, 0.25) is 20.1 Å². The van der Waals surface area contributed by atoms with Gasteiger partial charge in [0.1, 0.15) is 11.6 Å². The summed E-state index contributed by atoms with van der Waals surface area (Å²) >= 11 is 24.4. The zero-order valence-corrected chi connectivity index (χ0v) is 20.3. The first-order chi connectivity index (χ1) is 16.1. The number of hydrogen-bond donors (Lipinski definition) is 1. The Balaban J connectivity index is 1.97. The predicted molar refractivity (Wildman–Crippen MR) is 131 cm³/mol. The van der Waals surface area contributed by atoms with Crippen molar-refractivity contribution in [3.8, 4) is 5.75 Å². The van der Waals surface area contributed by atoms with Crippen molar-refractivity contribution in [1.82, 2.24) is 0 Å². The minimum absolute atomic E-state index is 0.0964. The Morgan fingerprint density at radius 1 is 0.941 bits per heavy atom. The maximum atomic E-state index is 13.8. The van der Waals surface area contributed by atoms with Crippen LogP contribution in [0.1, 0.15) is 17.2 Å². The maximum Gasteiger partial charge on any atom is 0.300 e. The van der Waals surface area contributed by atoms with Crippen molar-refractivity contribution in [3.63, 3.8) is 0 Å². The summed E-state index contributed by atoms with van der Waals surface area (Å²) in [5.41, 5.74) is 0.518. The van der Waals surface area contributed by atoms with Crippen molar-refractivity contribution in [2.75, 3.05) is 12.0 Å². The first-order valence-electron chi connectivity index (χ1n) is 9.69. The lowest BCUT2D eigenvalue weighted by Gasteiger charge is -2.25. The van der Waals surface area contributed by atoms with E-state index in [0.717, 1.165) is 11.0 Å². The average molecular weight is 541 g/mol. The van der Waals surface area contributed by atoms with Crippen molar-refractivity contribution < 1.29 is 23.8 Å². The molecule has 174 valence electrons. The van der Waals surface area contributed by atoms with Gasteiger partial charge in [-0.25, -0.2) is 4.39 Å². The largest absolute Gasteiger partial charge is 0.507 e. The minimum Gasteiger partial charge on any atom is -0.507 e. The van der Waals surface area contributed by atoms with Gasteiger partial charge >= 0.3 is 0 Å². The Kier molecular flexibility index (Phi) is 6.78. The molecule has 1 aliphatic heterocycles.